The van der Waals surface area contributed by atoms with Crippen molar-refractivity contribution >= 4 is 17.1 Å². The summed E-state index contributed by atoms with van der Waals surface area (Å²) in [6.45, 7) is 15.3. The van der Waals surface area contributed by atoms with Crippen LogP contribution in [0.3, 0.4) is 0 Å². The highest BCUT2D eigenvalue weighted by Gasteiger charge is 2.40. The Kier molecular flexibility index (Phi) is 10.2. The molecule has 0 saturated heterocycles. The Labute approximate surface area is 121 Å². The van der Waals surface area contributed by atoms with E-state index in [-0.39, 0.29) is 0 Å². The van der Waals surface area contributed by atoms with Crippen LogP contribution in [-0.2, 0) is 17.7 Å². The van der Waals surface area contributed by atoms with E-state index >= 15 is 0 Å². The molecular weight excluding hydrogens is 276 g/mol. The zero-order valence-corrected chi connectivity index (χ0v) is 15.6. The van der Waals surface area contributed by atoms with Gasteiger partial charge in [-0.15, -0.1) is 0 Å². The van der Waals surface area contributed by atoms with E-state index < -0.39 is 17.1 Å². The van der Waals surface area contributed by atoms with Gasteiger partial charge < -0.3 is 17.7 Å². The summed E-state index contributed by atoms with van der Waals surface area (Å²) in [5, 5.41) is 0. The van der Waals surface area contributed by atoms with E-state index in [4.69, 9.17) is 17.7 Å². The van der Waals surface area contributed by atoms with E-state index in [9.17, 15) is 0 Å². The first-order chi connectivity index (χ1) is 9.01. The maximum absolute atomic E-state index is 6.00. The Morgan fingerprint density at radius 1 is 0.632 bits per heavy atom. The van der Waals surface area contributed by atoms with Gasteiger partial charge in [0.15, 0.2) is 0 Å². The molecular formula is C13H32O4Si2. The quantitative estimate of drug-likeness (QED) is 0.516. The molecule has 19 heavy (non-hydrogen) atoms. The Bertz CT molecular complexity index is 215. The van der Waals surface area contributed by atoms with Gasteiger partial charge in [-0.1, -0.05) is 6.92 Å². The monoisotopic (exact) mass is 308 g/mol. The first kappa shape index (κ1) is 19.3. The van der Waals surface area contributed by atoms with Crippen LogP contribution in [0.5, 0.6) is 0 Å². The fraction of sp³-hybridized carbons (Fsp3) is 1.00. The summed E-state index contributed by atoms with van der Waals surface area (Å²) >= 11 is 0. The van der Waals surface area contributed by atoms with Crippen LogP contribution < -0.4 is 0 Å². The zero-order chi connectivity index (χ0) is 14.8. The summed E-state index contributed by atoms with van der Waals surface area (Å²) in [5.74, 6) is 0. The maximum atomic E-state index is 6.00. The van der Waals surface area contributed by atoms with Gasteiger partial charge in [-0.25, -0.2) is 0 Å². The van der Waals surface area contributed by atoms with Crippen molar-refractivity contribution in [3.8, 4) is 0 Å². The summed E-state index contributed by atoms with van der Waals surface area (Å²) in [6, 6.07) is 2.90. The second-order valence-electron chi connectivity index (χ2n) is 4.63. The lowest BCUT2D eigenvalue weighted by Gasteiger charge is -2.33. The summed E-state index contributed by atoms with van der Waals surface area (Å²) < 4.78 is 23.8. The highest BCUT2D eigenvalue weighted by molar-refractivity contribution is 6.72. The van der Waals surface area contributed by atoms with Gasteiger partial charge in [0.2, 0.25) is 0 Å². The van der Waals surface area contributed by atoms with Crippen LogP contribution >= 0.6 is 0 Å². The van der Waals surface area contributed by atoms with Crippen molar-refractivity contribution in [2.24, 2.45) is 0 Å². The Morgan fingerprint density at radius 2 is 1.05 bits per heavy atom. The molecule has 0 saturated carbocycles. The summed E-state index contributed by atoms with van der Waals surface area (Å²) in [7, 11) is -4.12. The van der Waals surface area contributed by atoms with Gasteiger partial charge in [-0.3, -0.25) is 0 Å². The summed E-state index contributed by atoms with van der Waals surface area (Å²) in [5.41, 5.74) is 0. The van der Waals surface area contributed by atoms with Gasteiger partial charge in [-0.2, -0.15) is 0 Å². The molecule has 0 aromatic heterocycles. The van der Waals surface area contributed by atoms with Crippen molar-refractivity contribution in [1.29, 1.82) is 0 Å². The van der Waals surface area contributed by atoms with Crippen LogP contribution in [0.15, 0.2) is 0 Å². The van der Waals surface area contributed by atoms with Gasteiger partial charge in [0.05, 0.1) is 0 Å². The average molecular weight is 309 g/mol. The minimum Gasteiger partial charge on any atom is -0.395 e. The second-order valence-corrected chi connectivity index (χ2v) is 11.6. The van der Waals surface area contributed by atoms with Crippen molar-refractivity contribution in [1.82, 2.24) is 0 Å². The Balaban J connectivity index is 4.64. The van der Waals surface area contributed by atoms with Crippen molar-refractivity contribution in [2.45, 2.75) is 59.3 Å². The Hall–Kier alpha value is 0.274. The normalized spacial score (nSPS) is 12.9. The molecule has 0 fully saturated rings. The van der Waals surface area contributed by atoms with E-state index in [2.05, 4.69) is 13.5 Å². The van der Waals surface area contributed by atoms with E-state index in [1.807, 2.05) is 27.7 Å². The highest BCUT2D eigenvalue weighted by Crippen LogP contribution is 2.26. The van der Waals surface area contributed by atoms with E-state index in [0.29, 0.717) is 13.2 Å². The molecule has 4 nitrogen and oxygen atoms in total. The molecule has 0 unspecified atom stereocenters. The van der Waals surface area contributed by atoms with Gasteiger partial charge >= 0.3 is 17.1 Å². The third kappa shape index (κ3) is 7.01. The first-order valence-corrected chi connectivity index (χ1v) is 12.3. The van der Waals surface area contributed by atoms with Crippen molar-refractivity contribution in [3.05, 3.63) is 0 Å². The molecule has 0 aliphatic carbocycles. The van der Waals surface area contributed by atoms with Crippen LogP contribution in [0.1, 0.15) is 34.6 Å². The minimum absolute atomic E-state index is 0.715. The molecule has 0 radical (unpaired) electrons. The van der Waals surface area contributed by atoms with Crippen LogP contribution in [0.2, 0.25) is 24.7 Å². The standard InChI is InChI=1S/C13H32O4Si2/c1-7-14-18(6,15-8-2)12-13-19(11-5,16-9-3)17-10-4/h7-13H2,1-6H3. The maximum Gasteiger partial charge on any atom is 0.337 e. The highest BCUT2D eigenvalue weighted by atomic mass is 28.4. The fourth-order valence-electron chi connectivity index (χ4n) is 2.31. The molecule has 0 heterocycles. The summed E-state index contributed by atoms with van der Waals surface area (Å²) in [4.78, 5) is 0. The van der Waals surface area contributed by atoms with Crippen molar-refractivity contribution in [3.63, 3.8) is 0 Å². The van der Waals surface area contributed by atoms with E-state index in [1.54, 1.807) is 0 Å². The summed E-state index contributed by atoms with van der Waals surface area (Å²) in [6.07, 6.45) is 0. The molecule has 0 amide bonds. The van der Waals surface area contributed by atoms with Gasteiger partial charge in [0.1, 0.15) is 0 Å². The molecule has 0 N–H and O–H groups in total. The predicted octanol–water partition coefficient (Wildman–Crippen LogP) is 3.67. The van der Waals surface area contributed by atoms with Gasteiger partial charge in [-0.05, 0) is 52.4 Å². The molecule has 0 atom stereocenters. The molecule has 0 aromatic carbocycles. The van der Waals surface area contributed by atoms with E-state index in [0.717, 1.165) is 31.3 Å². The van der Waals surface area contributed by atoms with Crippen molar-refractivity contribution < 1.29 is 17.7 Å². The fourth-order valence-corrected chi connectivity index (χ4v) is 9.43. The van der Waals surface area contributed by atoms with Crippen LogP contribution in [-0.4, -0.2) is 43.5 Å². The van der Waals surface area contributed by atoms with Crippen molar-refractivity contribution in [2.75, 3.05) is 26.4 Å². The topological polar surface area (TPSA) is 36.9 Å². The smallest absolute Gasteiger partial charge is 0.337 e. The van der Waals surface area contributed by atoms with E-state index in [1.165, 1.54) is 0 Å². The second kappa shape index (κ2) is 10.1. The largest absolute Gasteiger partial charge is 0.395 e. The third-order valence-electron chi connectivity index (χ3n) is 3.21. The molecule has 0 spiro atoms. The van der Waals surface area contributed by atoms with Crippen LogP contribution in [0.25, 0.3) is 0 Å². The van der Waals surface area contributed by atoms with Crippen LogP contribution in [0.4, 0.5) is 0 Å². The molecule has 0 rings (SSSR count). The lowest BCUT2D eigenvalue weighted by molar-refractivity contribution is 0.174. The lowest BCUT2D eigenvalue weighted by atomic mass is 10.9. The third-order valence-corrected chi connectivity index (χ3v) is 10.4. The first-order valence-electron chi connectivity index (χ1n) is 7.57. The van der Waals surface area contributed by atoms with Crippen LogP contribution in [0, 0.1) is 0 Å². The van der Waals surface area contributed by atoms with Gasteiger partial charge in [0.25, 0.3) is 0 Å². The minimum atomic E-state index is -2.06. The number of hydrogen-bond acceptors (Lipinski definition) is 4. The average Bonchev–Trinajstić information content (AvgIpc) is 2.37. The van der Waals surface area contributed by atoms with Gasteiger partial charge in [0, 0.05) is 26.4 Å². The molecule has 6 heteroatoms. The molecule has 0 bridgehead atoms. The lowest BCUT2D eigenvalue weighted by Crippen LogP contribution is -2.46. The zero-order valence-electron chi connectivity index (χ0n) is 13.6. The molecule has 0 aliphatic heterocycles. The molecule has 116 valence electrons. The Morgan fingerprint density at radius 3 is 1.37 bits per heavy atom. The molecule has 0 aliphatic rings. The SMILES string of the molecule is CCO[Si](C)(CC[Si](CC)(OCC)OCC)OCC. The number of hydrogen-bond donors (Lipinski definition) is 0. The predicted molar refractivity (Wildman–Crippen MR) is 84.0 cm³/mol. The molecule has 0 aromatic rings. The number of rotatable bonds is 12.